The molecule has 2 N–H and O–H groups in total. The van der Waals surface area contributed by atoms with E-state index >= 15 is 0 Å². The molecule has 0 saturated carbocycles. The summed E-state index contributed by atoms with van der Waals surface area (Å²) in [5, 5.41) is 0. The minimum Gasteiger partial charge on any atom is -0.405 e. The Balaban J connectivity index is 2.31. The van der Waals surface area contributed by atoms with Crippen molar-refractivity contribution in [3.05, 3.63) is 52.6 Å². The van der Waals surface area contributed by atoms with E-state index in [-0.39, 0.29) is 0 Å². The molecule has 72 valence electrons. The zero-order valence-corrected chi connectivity index (χ0v) is 8.97. The zero-order chi connectivity index (χ0) is 9.97. The summed E-state index contributed by atoms with van der Waals surface area (Å²) in [5.74, 6) is 0. The second-order valence-electron chi connectivity index (χ2n) is 3.35. The first-order valence-electron chi connectivity index (χ1n) is 4.65. The van der Waals surface area contributed by atoms with Gasteiger partial charge < -0.3 is 5.73 Å². The third-order valence-electron chi connectivity index (χ3n) is 2.34. The van der Waals surface area contributed by atoms with Crippen LogP contribution in [0.2, 0.25) is 0 Å². The Labute approximate surface area is 88.7 Å². The van der Waals surface area contributed by atoms with Crippen LogP contribution in [0.5, 0.6) is 0 Å². The molecule has 1 aromatic carbocycles. The maximum atomic E-state index is 5.38. The van der Waals surface area contributed by atoms with Crippen LogP contribution in [0.25, 0.3) is 0 Å². The maximum absolute atomic E-state index is 5.38. The zero-order valence-electron chi connectivity index (χ0n) is 8.16. The van der Waals surface area contributed by atoms with Crippen LogP contribution in [0.1, 0.15) is 12.5 Å². The normalized spacial score (nSPS) is 18.6. The van der Waals surface area contributed by atoms with Crippen LogP contribution in [-0.2, 0) is 6.42 Å². The standard InChI is InChI=1S/C12H13NS/c1-9(6-7-13)12-8-10-4-2-3-5-11(10)14-12/h2-7H,8,13H2,1H3/b7-6-,12-9+. The minimum atomic E-state index is 1.05. The summed E-state index contributed by atoms with van der Waals surface area (Å²) in [5.41, 5.74) is 8.08. The smallest absolute Gasteiger partial charge is 0.0154 e. The van der Waals surface area contributed by atoms with Gasteiger partial charge in [-0.05, 0) is 41.3 Å². The highest BCUT2D eigenvalue weighted by Crippen LogP contribution is 2.41. The van der Waals surface area contributed by atoms with Crippen LogP contribution < -0.4 is 5.73 Å². The molecule has 0 saturated heterocycles. The van der Waals surface area contributed by atoms with E-state index in [0.29, 0.717) is 0 Å². The Bertz CT molecular complexity index is 378. The molecule has 0 radical (unpaired) electrons. The van der Waals surface area contributed by atoms with Crippen LogP contribution in [0.4, 0.5) is 0 Å². The van der Waals surface area contributed by atoms with Gasteiger partial charge in [0.05, 0.1) is 0 Å². The third-order valence-corrected chi connectivity index (χ3v) is 3.67. The monoisotopic (exact) mass is 203 g/mol. The molecule has 14 heavy (non-hydrogen) atoms. The number of hydrogen-bond acceptors (Lipinski definition) is 2. The summed E-state index contributed by atoms with van der Waals surface area (Å²) in [6.45, 7) is 2.11. The number of rotatable bonds is 1. The molecule has 0 fully saturated rings. The molecule has 1 nitrogen and oxygen atoms in total. The molecule has 1 aromatic rings. The highest BCUT2D eigenvalue weighted by Gasteiger charge is 2.16. The topological polar surface area (TPSA) is 26.0 Å². The van der Waals surface area contributed by atoms with Crippen molar-refractivity contribution in [2.45, 2.75) is 18.2 Å². The van der Waals surface area contributed by atoms with Crippen molar-refractivity contribution in [1.82, 2.24) is 0 Å². The molecule has 0 spiro atoms. The Hall–Kier alpha value is -1.15. The number of fused-ring (bicyclic) bond motifs is 1. The lowest BCUT2D eigenvalue weighted by Crippen LogP contribution is -1.83. The van der Waals surface area contributed by atoms with Crippen molar-refractivity contribution in [3.8, 4) is 0 Å². The van der Waals surface area contributed by atoms with Gasteiger partial charge in [0, 0.05) is 11.3 Å². The molecule has 0 atom stereocenters. The van der Waals surface area contributed by atoms with E-state index in [1.807, 2.05) is 17.8 Å². The number of nitrogens with two attached hydrogens (primary N) is 1. The fourth-order valence-electron chi connectivity index (χ4n) is 1.55. The van der Waals surface area contributed by atoms with Crippen molar-refractivity contribution in [3.63, 3.8) is 0 Å². The van der Waals surface area contributed by atoms with Gasteiger partial charge in [0.2, 0.25) is 0 Å². The van der Waals surface area contributed by atoms with E-state index in [1.165, 1.54) is 20.9 Å². The van der Waals surface area contributed by atoms with Gasteiger partial charge in [-0.1, -0.05) is 30.0 Å². The van der Waals surface area contributed by atoms with E-state index in [1.54, 1.807) is 6.20 Å². The average molecular weight is 203 g/mol. The van der Waals surface area contributed by atoms with Gasteiger partial charge in [0.1, 0.15) is 0 Å². The van der Waals surface area contributed by atoms with Gasteiger partial charge in [0.25, 0.3) is 0 Å². The molecule has 1 heterocycles. The van der Waals surface area contributed by atoms with Crippen LogP contribution in [0.3, 0.4) is 0 Å². The van der Waals surface area contributed by atoms with Gasteiger partial charge in [0.15, 0.2) is 0 Å². The van der Waals surface area contributed by atoms with Crippen molar-refractivity contribution in [1.29, 1.82) is 0 Å². The van der Waals surface area contributed by atoms with Crippen molar-refractivity contribution in [2.24, 2.45) is 5.73 Å². The Morgan fingerprint density at radius 2 is 2.21 bits per heavy atom. The first-order valence-corrected chi connectivity index (χ1v) is 5.46. The predicted octanol–water partition coefficient (Wildman–Crippen LogP) is 3.08. The highest BCUT2D eigenvalue weighted by atomic mass is 32.2. The third kappa shape index (κ3) is 1.70. The molecular weight excluding hydrogens is 190 g/mol. The second-order valence-corrected chi connectivity index (χ2v) is 4.49. The molecule has 0 aromatic heterocycles. The molecule has 0 bridgehead atoms. The largest absolute Gasteiger partial charge is 0.405 e. The van der Waals surface area contributed by atoms with Gasteiger partial charge >= 0.3 is 0 Å². The Morgan fingerprint density at radius 1 is 1.43 bits per heavy atom. The van der Waals surface area contributed by atoms with Gasteiger partial charge in [-0.25, -0.2) is 0 Å². The summed E-state index contributed by atoms with van der Waals surface area (Å²) >= 11 is 1.86. The van der Waals surface area contributed by atoms with Gasteiger partial charge in [-0.2, -0.15) is 0 Å². The van der Waals surface area contributed by atoms with Crippen molar-refractivity contribution in [2.75, 3.05) is 0 Å². The van der Waals surface area contributed by atoms with Crippen LogP contribution in [0, 0.1) is 0 Å². The fraction of sp³-hybridized carbons (Fsp3) is 0.167. The Morgan fingerprint density at radius 3 is 2.93 bits per heavy atom. The second kappa shape index (κ2) is 3.93. The van der Waals surface area contributed by atoms with Crippen molar-refractivity contribution < 1.29 is 0 Å². The molecule has 2 rings (SSSR count). The number of benzene rings is 1. The molecule has 1 aliphatic rings. The molecule has 2 heteroatoms. The van der Waals surface area contributed by atoms with Gasteiger partial charge in [-0.15, -0.1) is 0 Å². The van der Waals surface area contributed by atoms with E-state index in [4.69, 9.17) is 5.73 Å². The van der Waals surface area contributed by atoms with E-state index in [9.17, 15) is 0 Å². The summed E-state index contributed by atoms with van der Waals surface area (Å²) in [4.78, 5) is 2.79. The minimum absolute atomic E-state index is 1.05. The fourth-order valence-corrected chi connectivity index (χ4v) is 2.69. The van der Waals surface area contributed by atoms with Crippen LogP contribution in [0.15, 0.2) is 51.9 Å². The number of hydrogen-bond donors (Lipinski definition) is 1. The molecule has 0 amide bonds. The molecular formula is C12H13NS. The first-order chi connectivity index (χ1) is 6.81. The quantitative estimate of drug-likeness (QED) is 0.759. The predicted molar refractivity (Wildman–Crippen MR) is 62.0 cm³/mol. The first kappa shape index (κ1) is 9.41. The SMILES string of the molecule is CC(/C=C\N)=C1/Cc2ccccc2S1. The summed E-state index contributed by atoms with van der Waals surface area (Å²) in [7, 11) is 0. The van der Waals surface area contributed by atoms with E-state index < -0.39 is 0 Å². The Kier molecular flexibility index (Phi) is 2.64. The number of thioether (sulfide) groups is 1. The van der Waals surface area contributed by atoms with E-state index in [2.05, 4.69) is 31.2 Å². The maximum Gasteiger partial charge on any atom is 0.0154 e. The lowest BCUT2D eigenvalue weighted by atomic mass is 10.1. The molecule has 1 aliphatic heterocycles. The van der Waals surface area contributed by atoms with Crippen molar-refractivity contribution >= 4 is 11.8 Å². The van der Waals surface area contributed by atoms with Crippen LogP contribution in [-0.4, -0.2) is 0 Å². The van der Waals surface area contributed by atoms with Crippen LogP contribution >= 0.6 is 11.8 Å². The summed E-state index contributed by atoms with van der Waals surface area (Å²) in [6, 6.07) is 8.54. The lowest BCUT2D eigenvalue weighted by Gasteiger charge is -1.97. The van der Waals surface area contributed by atoms with Gasteiger partial charge in [-0.3, -0.25) is 0 Å². The average Bonchev–Trinajstić information content (AvgIpc) is 2.61. The molecule has 0 aliphatic carbocycles. The summed E-state index contributed by atoms with van der Waals surface area (Å²) < 4.78 is 0. The number of allylic oxidation sites excluding steroid dienone is 3. The highest BCUT2D eigenvalue weighted by molar-refractivity contribution is 8.03. The molecule has 0 unspecified atom stereocenters. The van der Waals surface area contributed by atoms with E-state index in [0.717, 1.165) is 6.42 Å². The lowest BCUT2D eigenvalue weighted by molar-refractivity contribution is 1.19. The summed E-state index contributed by atoms with van der Waals surface area (Å²) in [6.07, 6.45) is 4.62.